The summed E-state index contributed by atoms with van der Waals surface area (Å²) in [5.41, 5.74) is 4.07. The number of piperidine rings is 1. The van der Waals surface area contributed by atoms with Gasteiger partial charge in [0.05, 0.1) is 29.1 Å². The van der Waals surface area contributed by atoms with E-state index in [2.05, 4.69) is 58.5 Å². The van der Waals surface area contributed by atoms with Crippen molar-refractivity contribution in [2.75, 3.05) is 0 Å². The summed E-state index contributed by atoms with van der Waals surface area (Å²) in [6.45, 7) is 8.83. The predicted molar refractivity (Wildman–Crippen MR) is 114 cm³/mol. The molecule has 1 fully saturated rings. The van der Waals surface area contributed by atoms with Crippen molar-refractivity contribution in [2.45, 2.75) is 57.7 Å². The van der Waals surface area contributed by atoms with E-state index in [-0.39, 0.29) is 22.9 Å². The molecule has 1 saturated heterocycles. The van der Waals surface area contributed by atoms with Gasteiger partial charge in [0, 0.05) is 29.8 Å². The number of nitrogens with one attached hydrogen (secondary N) is 1. The maximum Gasteiger partial charge on any atom is 0.201 e. The molecule has 5 rings (SSSR count). The van der Waals surface area contributed by atoms with Crippen LogP contribution in [0.5, 0.6) is 5.75 Å². The molecule has 1 aromatic carbocycles. The number of rotatable bonds is 2. The van der Waals surface area contributed by atoms with Crippen LogP contribution in [0.2, 0.25) is 0 Å². The number of hydrogen-bond donors (Lipinski definition) is 2. The maximum absolute atomic E-state index is 10.5. The fourth-order valence-corrected chi connectivity index (χ4v) is 4.94. The lowest BCUT2D eigenvalue weighted by atomic mass is 9.80. The van der Waals surface area contributed by atoms with E-state index >= 15 is 0 Å². The number of phenols is 1. The summed E-state index contributed by atoms with van der Waals surface area (Å²) in [6, 6.07) is 5.52. The van der Waals surface area contributed by atoms with Gasteiger partial charge in [-0.05, 0) is 52.7 Å². The molecule has 0 radical (unpaired) electrons. The largest absolute Gasteiger partial charge is 0.507 e. The van der Waals surface area contributed by atoms with E-state index in [0.29, 0.717) is 22.4 Å². The van der Waals surface area contributed by atoms with E-state index in [0.717, 1.165) is 23.9 Å². The normalized spacial score (nSPS) is 19.0. The van der Waals surface area contributed by atoms with E-state index < -0.39 is 0 Å². The first-order chi connectivity index (χ1) is 14.1. The summed E-state index contributed by atoms with van der Waals surface area (Å²) in [6.07, 6.45) is 3.57. The fourth-order valence-electron chi connectivity index (χ4n) is 4.94. The molecular formula is C21H26N8O. The van der Waals surface area contributed by atoms with Gasteiger partial charge in [-0.1, -0.05) is 5.21 Å². The van der Waals surface area contributed by atoms with Crippen molar-refractivity contribution in [2.24, 2.45) is 7.05 Å². The third kappa shape index (κ3) is 3.09. The molecule has 156 valence electrons. The standard InChI is InChI=1S/C21H26N8O/c1-20(2)9-12(10-21(3,4)26-20)29-19-16(24-27-29)7-14(23-25-19)13-6-15-17(8-18(13)30)28(5)11-22-15/h6-8,11-12,26,30H,9-10H2,1-5H3. The van der Waals surface area contributed by atoms with Crippen LogP contribution < -0.4 is 5.32 Å². The Bertz CT molecular complexity index is 1250. The lowest BCUT2D eigenvalue weighted by molar-refractivity contribution is 0.127. The van der Waals surface area contributed by atoms with Crippen LogP contribution in [0.3, 0.4) is 0 Å². The van der Waals surface area contributed by atoms with Crippen molar-refractivity contribution >= 4 is 22.2 Å². The summed E-state index contributed by atoms with van der Waals surface area (Å²) < 4.78 is 3.76. The van der Waals surface area contributed by atoms with E-state index in [9.17, 15) is 5.11 Å². The van der Waals surface area contributed by atoms with Gasteiger partial charge in [0.15, 0.2) is 0 Å². The zero-order valence-corrected chi connectivity index (χ0v) is 17.9. The van der Waals surface area contributed by atoms with Crippen molar-refractivity contribution in [3.63, 3.8) is 0 Å². The highest BCUT2D eigenvalue weighted by Crippen LogP contribution is 2.37. The lowest BCUT2D eigenvalue weighted by Gasteiger charge is -2.46. The van der Waals surface area contributed by atoms with Crippen molar-refractivity contribution in [1.29, 1.82) is 0 Å². The molecule has 0 bridgehead atoms. The SMILES string of the molecule is Cn1cnc2cc(-c3cc4nnn(C5CC(C)(C)NC(C)(C)C5)c4nn3)c(O)cc21. The molecule has 0 aliphatic carbocycles. The van der Waals surface area contributed by atoms with E-state index in [1.165, 1.54) is 0 Å². The number of nitrogens with zero attached hydrogens (tertiary/aromatic N) is 7. The second-order valence-corrected chi connectivity index (χ2v) is 9.64. The molecule has 9 nitrogen and oxygen atoms in total. The zero-order chi connectivity index (χ0) is 21.3. The highest BCUT2D eigenvalue weighted by atomic mass is 16.3. The number of aromatic hydroxyl groups is 1. The van der Waals surface area contributed by atoms with Crippen LogP contribution in [0.25, 0.3) is 33.5 Å². The molecule has 4 aromatic rings. The molecule has 0 amide bonds. The van der Waals surface area contributed by atoms with E-state index in [1.54, 1.807) is 12.4 Å². The van der Waals surface area contributed by atoms with E-state index in [1.807, 2.05) is 28.4 Å². The molecule has 4 heterocycles. The van der Waals surface area contributed by atoms with Gasteiger partial charge < -0.3 is 15.0 Å². The smallest absolute Gasteiger partial charge is 0.201 e. The minimum Gasteiger partial charge on any atom is -0.507 e. The third-order valence-electron chi connectivity index (χ3n) is 5.85. The van der Waals surface area contributed by atoms with Gasteiger partial charge in [-0.25, -0.2) is 9.67 Å². The van der Waals surface area contributed by atoms with Crippen molar-refractivity contribution in [1.82, 2.24) is 40.1 Å². The predicted octanol–water partition coefficient (Wildman–Crippen LogP) is 2.96. The molecule has 0 unspecified atom stereocenters. The number of hydrogen-bond acceptors (Lipinski definition) is 7. The van der Waals surface area contributed by atoms with Gasteiger partial charge in [-0.15, -0.1) is 15.3 Å². The Labute approximate surface area is 174 Å². The Morgan fingerprint density at radius 3 is 2.47 bits per heavy atom. The molecule has 9 heteroatoms. The quantitative estimate of drug-likeness (QED) is 0.527. The van der Waals surface area contributed by atoms with Crippen molar-refractivity contribution < 1.29 is 5.11 Å². The molecule has 3 aromatic heterocycles. The maximum atomic E-state index is 10.5. The van der Waals surface area contributed by atoms with Crippen LogP contribution in [0, 0.1) is 0 Å². The molecule has 2 N–H and O–H groups in total. The summed E-state index contributed by atoms with van der Waals surface area (Å²) in [5, 5.41) is 31.9. The van der Waals surface area contributed by atoms with Gasteiger partial charge in [0.25, 0.3) is 0 Å². The van der Waals surface area contributed by atoms with Crippen molar-refractivity contribution in [3.8, 4) is 17.0 Å². The lowest BCUT2D eigenvalue weighted by Crippen LogP contribution is -2.58. The second-order valence-electron chi connectivity index (χ2n) is 9.64. The number of benzene rings is 1. The van der Waals surface area contributed by atoms with Crippen molar-refractivity contribution in [3.05, 3.63) is 24.5 Å². The van der Waals surface area contributed by atoms with Crippen LogP contribution in [-0.2, 0) is 7.05 Å². The van der Waals surface area contributed by atoms with Gasteiger partial charge in [-0.3, -0.25) is 0 Å². The summed E-state index contributed by atoms with van der Waals surface area (Å²) >= 11 is 0. The Morgan fingerprint density at radius 2 is 1.73 bits per heavy atom. The number of aryl methyl sites for hydroxylation is 1. The zero-order valence-electron chi connectivity index (χ0n) is 17.9. The number of imidazole rings is 1. The minimum absolute atomic E-state index is 0.0120. The molecule has 0 spiro atoms. The fraction of sp³-hybridized carbons (Fsp3) is 0.476. The second kappa shape index (κ2) is 6.21. The summed E-state index contributed by atoms with van der Waals surface area (Å²) in [7, 11) is 1.89. The molecule has 1 aliphatic heterocycles. The highest BCUT2D eigenvalue weighted by Gasteiger charge is 2.39. The Kier molecular flexibility index (Phi) is 3.92. The van der Waals surface area contributed by atoms with Gasteiger partial charge in [-0.2, -0.15) is 0 Å². The van der Waals surface area contributed by atoms with Crippen LogP contribution in [0.1, 0.15) is 46.6 Å². The Balaban J connectivity index is 1.55. The van der Waals surface area contributed by atoms with Crippen LogP contribution in [-0.4, -0.2) is 50.9 Å². The monoisotopic (exact) mass is 406 g/mol. The van der Waals surface area contributed by atoms with Crippen LogP contribution in [0.15, 0.2) is 24.5 Å². The average molecular weight is 406 g/mol. The molecule has 1 aliphatic rings. The molecular weight excluding hydrogens is 380 g/mol. The highest BCUT2D eigenvalue weighted by molar-refractivity contribution is 5.86. The van der Waals surface area contributed by atoms with Gasteiger partial charge >= 0.3 is 0 Å². The number of phenolic OH excluding ortho intramolecular Hbond substituents is 1. The minimum atomic E-state index is -0.0120. The molecule has 0 saturated carbocycles. The topological polar surface area (TPSA) is 107 Å². The van der Waals surface area contributed by atoms with Gasteiger partial charge in [0.2, 0.25) is 5.65 Å². The third-order valence-corrected chi connectivity index (χ3v) is 5.85. The number of fused-ring (bicyclic) bond motifs is 2. The first kappa shape index (κ1) is 18.9. The van der Waals surface area contributed by atoms with Crippen LogP contribution >= 0.6 is 0 Å². The Morgan fingerprint density at radius 1 is 1.00 bits per heavy atom. The summed E-state index contributed by atoms with van der Waals surface area (Å²) in [4.78, 5) is 4.37. The Hall–Kier alpha value is -3.07. The number of aromatic nitrogens is 7. The first-order valence-corrected chi connectivity index (χ1v) is 10.1. The summed E-state index contributed by atoms with van der Waals surface area (Å²) in [5.74, 6) is 0.133. The first-order valence-electron chi connectivity index (χ1n) is 10.1. The molecule has 0 atom stereocenters. The average Bonchev–Trinajstić information content (AvgIpc) is 3.22. The van der Waals surface area contributed by atoms with Gasteiger partial charge in [0.1, 0.15) is 11.3 Å². The van der Waals surface area contributed by atoms with E-state index in [4.69, 9.17) is 0 Å². The van der Waals surface area contributed by atoms with Crippen LogP contribution in [0.4, 0.5) is 0 Å². The molecule has 30 heavy (non-hydrogen) atoms.